The highest BCUT2D eigenvalue weighted by atomic mass is 79.9. The number of hydrogen-bond donors (Lipinski definition) is 1. The Balaban J connectivity index is 2.25. The molecule has 0 aliphatic carbocycles. The number of anilines is 1. The predicted octanol–water partition coefficient (Wildman–Crippen LogP) is 4.52. The molecule has 0 spiro atoms. The zero-order valence-electron chi connectivity index (χ0n) is 11.3. The minimum Gasteiger partial charge on any atom is -0.436 e. The van der Waals surface area contributed by atoms with Gasteiger partial charge >= 0.3 is 0 Å². The molecule has 0 radical (unpaired) electrons. The van der Waals surface area contributed by atoms with Crippen LogP contribution in [0.2, 0.25) is 0 Å². The van der Waals surface area contributed by atoms with Crippen molar-refractivity contribution < 1.29 is 4.74 Å². The van der Waals surface area contributed by atoms with Gasteiger partial charge in [-0.25, -0.2) is 4.98 Å². The summed E-state index contributed by atoms with van der Waals surface area (Å²) in [5.41, 5.74) is 7.71. The minimum atomic E-state index is 0.0812. The van der Waals surface area contributed by atoms with E-state index in [1.807, 2.05) is 30.5 Å². The maximum Gasteiger partial charge on any atom is 0.219 e. The van der Waals surface area contributed by atoms with Gasteiger partial charge in [0.2, 0.25) is 5.88 Å². The smallest absolute Gasteiger partial charge is 0.219 e. The molecule has 0 unspecified atom stereocenters. The van der Waals surface area contributed by atoms with Crippen molar-refractivity contribution in [3.63, 3.8) is 0 Å². The number of halogens is 1. The summed E-state index contributed by atoms with van der Waals surface area (Å²) in [6.45, 7) is 6.45. The average Bonchev–Trinajstić information content (AvgIpc) is 2.33. The summed E-state index contributed by atoms with van der Waals surface area (Å²) in [4.78, 5) is 4.32. The van der Waals surface area contributed by atoms with E-state index in [9.17, 15) is 0 Å². The summed E-state index contributed by atoms with van der Waals surface area (Å²) >= 11 is 3.42. The Labute approximate surface area is 121 Å². The second-order valence-corrected chi connectivity index (χ2v) is 6.25. The highest BCUT2D eigenvalue weighted by Crippen LogP contribution is 2.34. The summed E-state index contributed by atoms with van der Waals surface area (Å²) in [6.07, 6.45) is 1.84. The van der Waals surface area contributed by atoms with Crippen molar-refractivity contribution in [1.29, 1.82) is 0 Å². The zero-order chi connectivity index (χ0) is 14.0. The molecule has 0 atom stereocenters. The lowest BCUT2D eigenvalue weighted by atomic mass is 9.88. The third kappa shape index (κ3) is 3.26. The summed E-state index contributed by atoms with van der Waals surface area (Å²) in [7, 11) is 0. The summed E-state index contributed by atoms with van der Waals surface area (Å²) in [5, 5.41) is 0. The Kier molecular flexibility index (Phi) is 3.80. The van der Waals surface area contributed by atoms with Gasteiger partial charge in [0.15, 0.2) is 5.75 Å². The molecule has 2 rings (SSSR count). The third-order valence-electron chi connectivity index (χ3n) is 2.81. The molecule has 0 fully saturated rings. The van der Waals surface area contributed by atoms with Crippen molar-refractivity contribution in [2.45, 2.75) is 26.2 Å². The van der Waals surface area contributed by atoms with Crippen molar-refractivity contribution in [3.05, 3.63) is 46.6 Å². The number of nitrogens with zero attached hydrogens (tertiary/aromatic N) is 1. The zero-order valence-corrected chi connectivity index (χ0v) is 12.9. The molecule has 1 aromatic heterocycles. The standard InChI is InChI=1S/C15H17BrN2O/c1-15(2,3)10-7-8-13(18-9-10)19-14-11(16)5-4-6-12(14)17/h4-9H,17H2,1-3H3. The van der Waals surface area contributed by atoms with Gasteiger partial charge in [-0.05, 0) is 39.0 Å². The first-order valence-corrected chi connectivity index (χ1v) is 6.85. The first-order valence-electron chi connectivity index (χ1n) is 6.06. The molecule has 3 nitrogen and oxygen atoms in total. The van der Waals surface area contributed by atoms with Crippen LogP contribution in [-0.4, -0.2) is 4.98 Å². The lowest BCUT2D eigenvalue weighted by Crippen LogP contribution is -2.11. The topological polar surface area (TPSA) is 48.1 Å². The van der Waals surface area contributed by atoms with Crippen LogP contribution in [0.1, 0.15) is 26.3 Å². The molecule has 4 heteroatoms. The van der Waals surface area contributed by atoms with Crippen LogP contribution in [0, 0.1) is 0 Å². The number of rotatable bonds is 2. The number of aromatic nitrogens is 1. The first-order chi connectivity index (χ1) is 8.88. The average molecular weight is 321 g/mol. The van der Waals surface area contributed by atoms with Gasteiger partial charge in [0.25, 0.3) is 0 Å². The highest BCUT2D eigenvalue weighted by Gasteiger charge is 2.14. The second kappa shape index (κ2) is 5.21. The number of benzene rings is 1. The number of pyridine rings is 1. The summed E-state index contributed by atoms with van der Waals surface area (Å²) in [6, 6.07) is 9.43. The van der Waals surface area contributed by atoms with Crippen LogP contribution in [0.25, 0.3) is 0 Å². The molecule has 0 amide bonds. The van der Waals surface area contributed by atoms with E-state index in [0.29, 0.717) is 17.3 Å². The molecule has 0 saturated heterocycles. The van der Waals surface area contributed by atoms with Crippen LogP contribution >= 0.6 is 15.9 Å². The van der Waals surface area contributed by atoms with E-state index >= 15 is 0 Å². The molecule has 0 saturated carbocycles. The van der Waals surface area contributed by atoms with Crippen LogP contribution in [-0.2, 0) is 5.41 Å². The Hall–Kier alpha value is -1.55. The van der Waals surface area contributed by atoms with Crippen molar-refractivity contribution in [2.75, 3.05) is 5.73 Å². The molecule has 2 N–H and O–H groups in total. The largest absolute Gasteiger partial charge is 0.436 e. The second-order valence-electron chi connectivity index (χ2n) is 5.40. The Morgan fingerprint density at radius 3 is 2.42 bits per heavy atom. The molecule has 0 aliphatic heterocycles. The fourth-order valence-electron chi connectivity index (χ4n) is 1.62. The number of ether oxygens (including phenoxy) is 1. The van der Waals surface area contributed by atoms with Gasteiger partial charge in [-0.15, -0.1) is 0 Å². The number of hydrogen-bond acceptors (Lipinski definition) is 3. The molecule has 100 valence electrons. The maximum atomic E-state index is 5.89. The van der Waals surface area contributed by atoms with Crippen molar-refractivity contribution in [1.82, 2.24) is 4.98 Å². The monoisotopic (exact) mass is 320 g/mol. The lowest BCUT2D eigenvalue weighted by Gasteiger charge is -2.18. The maximum absolute atomic E-state index is 5.89. The third-order valence-corrected chi connectivity index (χ3v) is 3.43. The van der Waals surface area contributed by atoms with Gasteiger partial charge in [-0.3, -0.25) is 0 Å². The normalized spacial score (nSPS) is 11.4. The summed E-state index contributed by atoms with van der Waals surface area (Å²) < 4.78 is 6.54. The van der Waals surface area contributed by atoms with Crippen molar-refractivity contribution >= 4 is 21.6 Å². The van der Waals surface area contributed by atoms with E-state index in [1.165, 1.54) is 5.56 Å². The summed E-state index contributed by atoms with van der Waals surface area (Å²) in [5.74, 6) is 1.13. The van der Waals surface area contributed by atoms with Crippen molar-refractivity contribution in [2.24, 2.45) is 0 Å². The van der Waals surface area contributed by atoms with Crippen LogP contribution in [0.3, 0.4) is 0 Å². The van der Waals surface area contributed by atoms with Crippen LogP contribution < -0.4 is 10.5 Å². The Morgan fingerprint density at radius 1 is 1.16 bits per heavy atom. The van der Waals surface area contributed by atoms with E-state index in [0.717, 1.165) is 4.47 Å². The fourth-order valence-corrected chi connectivity index (χ4v) is 2.08. The lowest BCUT2D eigenvalue weighted by molar-refractivity contribution is 0.460. The number of para-hydroxylation sites is 1. The van der Waals surface area contributed by atoms with Gasteiger partial charge in [0, 0.05) is 12.3 Å². The van der Waals surface area contributed by atoms with Gasteiger partial charge in [0.05, 0.1) is 10.2 Å². The van der Waals surface area contributed by atoms with Gasteiger partial charge < -0.3 is 10.5 Å². The van der Waals surface area contributed by atoms with Crippen LogP contribution in [0.5, 0.6) is 11.6 Å². The van der Waals surface area contributed by atoms with E-state index in [-0.39, 0.29) is 5.41 Å². The molecule has 1 heterocycles. The Morgan fingerprint density at radius 2 is 1.89 bits per heavy atom. The van der Waals surface area contributed by atoms with Gasteiger partial charge in [0.1, 0.15) is 0 Å². The van der Waals surface area contributed by atoms with E-state index < -0.39 is 0 Å². The molecule has 2 aromatic rings. The van der Waals surface area contributed by atoms with E-state index in [4.69, 9.17) is 10.5 Å². The van der Waals surface area contributed by atoms with Gasteiger partial charge in [-0.1, -0.05) is 32.9 Å². The molecule has 19 heavy (non-hydrogen) atoms. The van der Waals surface area contributed by atoms with E-state index in [1.54, 1.807) is 6.07 Å². The molecule has 1 aromatic carbocycles. The predicted molar refractivity (Wildman–Crippen MR) is 81.6 cm³/mol. The Bertz CT molecular complexity index is 553. The van der Waals surface area contributed by atoms with Crippen LogP contribution in [0.15, 0.2) is 41.0 Å². The molecule has 0 aliphatic rings. The quantitative estimate of drug-likeness (QED) is 0.828. The molecular weight excluding hydrogens is 304 g/mol. The number of nitrogen functional groups attached to an aromatic ring is 1. The SMILES string of the molecule is CC(C)(C)c1ccc(Oc2c(N)cccc2Br)nc1. The fraction of sp³-hybridized carbons (Fsp3) is 0.267. The first kappa shape index (κ1) is 13.9. The number of nitrogens with two attached hydrogens (primary N) is 1. The van der Waals surface area contributed by atoms with Crippen LogP contribution in [0.4, 0.5) is 5.69 Å². The highest BCUT2D eigenvalue weighted by molar-refractivity contribution is 9.10. The van der Waals surface area contributed by atoms with E-state index in [2.05, 4.69) is 41.7 Å². The van der Waals surface area contributed by atoms with Crippen molar-refractivity contribution in [3.8, 4) is 11.6 Å². The molecular formula is C15H17BrN2O. The molecule has 0 bridgehead atoms. The van der Waals surface area contributed by atoms with Gasteiger partial charge in [-0.2, -0.15) is 0 Å². The minimum absolute atomic E-state index is 0.0812.